The largest absolute Gasteiger partial charge is 0.478 e. The van der Waals surface area contributed by atoms with E-state index < -0.39 is 0 Å². The number of nitrogens with one attached hydrogen (secondary N) is 1. The van der Waals surface area contributed by atoms with E-state index in [9.17, 15) is 9.59 Å². The molecule has 0 bridgehead atoms. The van der Waals surface area contributed by atoms with Gasteiger partial charge in [0, 0.05) is 22.9 Å². The zero-order valence-corrected chi connectivity index (χ0v) is 20.7. The molecule has 1 unspecified atom stereocenters. The van der Waals surface area contributed by atoms with Crippen LogP contribution in [0.25, 0.3) is 0 Å². The lowest BCUT2D eigenvalue weighted by Gasteiger charge is -2.32. The molecule has 1 atom stereocenters. The molecular weight excluding hydrogens is 448 g/mol. The standard InChI is InChI=1S/C31H26N2O3/c1-17-9-12-19(13-10-17)32-23-16-25-28(33-22-14-11-18(31(2,3)4)15-24(22)36-25)27-26(23)29(34)20-7-5-6-8-21(20)30(27)35/h5-16,24,32H,1-4H3. The second-order valence-electron chi connectivity index (χ2n) is 10.5. The Morgan fingerprint density at radius 2 is 1.56 bits per heavy atom. The van der Waals surface area contributed by atoms with E-state index in [1.54, 1.807) is 30.3 Å². The zero-order chi connectivity index (χ0) is 25.2. The van der Waals surface area contributed by atoms with Gasteiger partial charge in [-0.25, -0.2) is 4.99 Å². The molecule has 0 spiro atoms. The molecule has 1 N–H and O–H groups in total. The summed E-state index contributed by atoms with van der Waals surface area (Å²) in [4.78, 5) is 32.4. The minimum absolute atomic E-state index is 0.0359. The first-order valence-electron chi connectivity index (χ1n) is 12.1. The maximum absolute atomic E-state index is 13.8. The number of aryl methyl sites for hydroxylation is 1. The number of fused-ring (bicyclic) bond motifs is 5. The number of allylic oxidation sites excluding steroid dienone is 2. The Labute approximate surface area is 210 Å². The second kappa shape index (κ2) is 7.89. The molecule has 0 saturated carbocycles. The van der Waals surface area contributed by atoms with Crippen LogP contribution in [0.1, 0.15) is 58.2 Å². The molecule has 0 radical (unpaired) electrons. The number of ketones is 2. The monoisotopic (exact) mass is 474 g/mol. The van der Waals surface area contributed by atoms with Gasteiger partial charge in [-0.3, -0.25) is 9.59 Å². The van der Waals surface area contributed by atoms with Crippen molar-refractivity contribution in [3.8, 4) is 5.75 Å². The van der Waals surface area contributed by atoms with Crippen molar-refractivity contribution in [1.29, 1.82) is 0 Å². The van der Waals surface area contributed by atoms with Crippen molar-refractivity contribution in [2.24, 2.45) is 10.4 Å². The number of benzene rings is 3. The van der Waals surface area contributed by atoms with Crippen LogP contribution in [0.2, 0.25) is 0 Å². The molecule has 3 aromatic rings. The molecule has 3 aliphatic rings. The molecule has 36 heavy (non-hydrogen) atoms. The van der Waals surface area contributed by atoms with E-state index in [1.165, 1.54) is 0 Å². The number of anilines is 2. The molecular formula is C31H26N2O3. The van der Waals surface area contributed by atoms with Crippen LogP contribution in [0.3, 0.4) is 0 Å². The number of hydrogen-bond acceptors (Lipinski definition) is 5. The Morgan fingerprint density at radius 3 is 2.22 bits per heavy atom. The number of carbonyl (C=O) groups is 2. The highest BCUT2D eigenvalue weighted by atomic mass is 16.5. The molecule has 0 fully saturated rings. The van der Waals surface area contributed by atoms with E-state index in [2.05, 4.69) is 32.2 Å². The van der Waals surface area contributed by atoms with Gasteiger partial charge in [-0.15, -0.1) is 0 Å². The third-order valence-electron chi connectivity index (χ3n) is 6.88. The first-order chi connectivity index (χ1) is 17.2. The summed E-state index contributed by atoms with van der Waals surface area (Å²) in [5, 5.41) is 3.37. The average molecular weight is 475 g/mol. The van der Waals surface area contributed by atoms with E-state index in [0.29, 0.717) is 33.8 Å². The van der Waals surface area contributed by atoms with Crippen molar-refractivity contribution in [3.05, 3.63) is 106 Å². The second-order valence-corrected chi connectivity index (χ2v) is 10.5. The van der Waals surface area contributed by atoms with Crippen molar-refractivity contribution >= 4 is 34.3 Å². The van der Waals surface area contributed by atoms with Gasteiger partial charge in [-0.1, -0.05) is 68.8 Å². The van der Waals surface area contributed by atoms with Crippen LogP contribution < -0.4 is 10.1 Å². The summed E-state index contributed by atoms with van der Waals surface area (Å²) in [6.07, 6.45) is 5.72. The van der Waals surface area contributed by atoms with E-state index in [1.807, 2.05) is 43.3 Å². The highest BCUT2D eigenvalue weighted by Crippen LogP contribution is 2.47. The minimum atomic E-state index is -0.358. The molecule has 1 heterocycles. The Bertz CT molecular complexity index is 1550. The summed E-state index contributed by atoms with van der Waals surface area (Å²) < 4.78 is 6.43. The molecule has 5 heteroatoms. The van der Waals surface area contributed by atoms with Gasteiger partial charge in [0.2, 0.25) is 0 Å². The van der Waals surface area contributed by atoms with E-state index in [-0.39, 0.29) is 28.6 Å². The van der Waals surface area contributed by atoms with Gasteiger partial charge in [0.05, 0.1) is 22.5 Å². The number of carbonyl (C=O) groups excluding carboxylic acids is 2. The summed E-state index contributed by atoms with van der Waals surface area (Å²) in [7, 11) is 0. The zero-order valence-electron chi connectivity index (χ0n) is 20.7. The Kier molecular flexibility index (Phi) is 4.87. The molecule has 2 aliphatic carbocycles. The summed E-state index contributed by atoms with van der Waals surface area (Å²) in [5.74, 6) is 0.0626. The normalized spacial score (nSPS) is 17.7. The van der Waals surface area contributed by atoms with Gasteiger partial charge in [0.15, 0.2) is 17.7 Å². The number of hydrogen-bond donors (Lipinski definition) is 1. The van der Waals surface area contributed by atoms with Gasteiger partial charge in [-0.05, 0) is 42.2 Å². The third-order valence-corrected chi connectivity index (χ3v) is 6.88. The molecule has 0 saturated heterocycles. The number of ether oxygens (including phenoxy) is 1. The highest BCUT2D eigenvalue weighted by Gasteiger charge is 2.38. The quantitative estimate of drug-likeness (QED) is 0.343. The van der Waals surface area contributed by atoms with Gasteiger partial charge >= 0.3 is 0 Å². The third kappa shape index (κ3) is 3.51. The highest BCUT2D eigenvalue weighted by molar-refractivity contribution is 6.32. The number of rotatable bonds is 2. The first kappa shape index (κ1) is 22.2. The van der Waals surface area contributed by atoms with Crippen LogP contribution in [0.5, 0.6) is 5.75 Å². The Hall–Kier alpha value is -4.25. The average Bonchev–Trinajstić information content (AvgIpc) is 2.86. The molecule has 0 amide bonds. The minimum Gasteiger partial charge on any atom is -0.478 e. The lowest BCUT2D eigenvalue weighted by Crippen LogP contribution is -2.31. The fourth-order valence-corrected chi connectivity index (χ4v) is 4.88. The fourth-order valence-electron chi connectivity index (χ4n) is 4.88. The summed E-state index contributed by atoms with van der Waals surface area (Å²) >= 11 is 0. The lowest BCUT2D eigenvalue weighted by atomic mass is 9.81. The molecule has 178 valence electrons. The van der Waals surface area contributed by atoms with E-state index in [4.69, 9.17) is 9.73 Å². The summed E-state index contributed by atoms with van der Waals surface area (Å²) in [5.41, 5.74) is 6.14. The van der Waals surface area contributed by atoms with Gasteiger partial charge in [-0.2, -0.15) is 0 Å². The lowest BCUT2D eigenvalue weighted by molar-refractivity contribution is 0.0979. The first-order valence-corrected chi connectivity index (χ1v) is 12.1. The molecule has 3 aromatic carbocycles. The van der Waals surface area contributed by atoms with E-state index >= 15 is 0 Å². The van der Waals surface area contributed by atoms with Gasteiger partial charge in [0.25, 0.3) is 0 Å². The predicted molar refractivity (Wildman–Crippen MR) is 142 cm³/mol. The molecule has 0 aromatic heterocycles. The maximum Gasteiger partial charge on any atom is 0.196 e. The van der Waals surface area contributed by atoms with Crippen LogP contribution >= 0.6 is 0 Å². The predicted octanol–water partition coefficient (Wildman–Crippen LogP) is 6.89. The molecule has 1 aliphatic heterocycles. The van der Waals surface area contributed by atoms with Crippen LogP contribution in [0.15, 0.2) is 83.4 Å². The van der Waals surface area contributed by atoms with Crippen molar-refractivity contribution in [3.63, 3.8) is 0 Å². The number of aliphatic imine (C=N–C) groups is 1. The Balaban J connectivity index is 1.55. The van der Waals surface area contributed by atoms with Gasteiger partial charge in [0.1, 0.15) is 11.4 Å². The smallest absolute Gasteiger partial charge is 0.196 e. The van der Waals surface area contributed by atoms with Crippen LogP contribution in [0.4, 0.5) is 17.1 Å². The van der Waals surface area contributed by atoms with Crippen LogP contribution in [-0.4, -0.2) is 23.4 Å². The topological polar surface area (TPSA) is 67.8 Å². The molecule has 5 nitrogen and oxygen atoms in total. The summed E-state index contributed by atoms with van der Waals surface area (Å²) in [6, 6.07) is 16.6. The summed E-state index contributed by atoms with van der Waals surface area (Å²) in [6.45, 7) is 8.49. The maximum atomic E-state index is 13.8. The number of nitrogens with zero attached hydrogens (tertiary/aromatic N) is 1. The van der Waals surface area contributed by atoms with E-state index in [0.717, 1.165) is 22.5 Å². The Morgan fingerprint density at radius 1 is 0.889 bits per heavy atom. The van der Waals surface area contributed by atoms with Crippen molar-refractivity contribution < 1.29 is 14.3 Å². The van der Waals surface area contributed by atoms with Crippen LogP contribution in [-0.2, 0) is 0 Å². The van der Waals surface area contributed by atoms with Crippen molar-refractivity contribution in [1.82, 2.24) is 0 Å². The van der Waals surface area contributed by atoms with Crippen LogP contribution in [0, 0.1) is 12.3 Å². The fraction of sp³-hybridized carbons (Fsp3) is 0.194. The van der Waals surface area contributed by atoms with Crippen molar-refractivity contribution in [2.75, 3.05) is 5.32 Å². The SMILES string of the molecule is Cc1ccc(Nc2cc3c(c4c2C(=O)c2ccccc2C4=O)N=C2C=CC(C(C)(C)C)=CC2O3)cc1. The molecule has 6 rings (SSSR count). The van der Waals surface area contributed by atoms with Gasteiger partial charge < -0.3 is 10.1 Å². The van der Waals surface area contributed by atoms with Crippen molar-refractivity contribution in [2.45, 2.75) is 33.8 Å².